The molecule has 0 aliphatic heterocycles. The Morgan fingerprint density at radius 3 is 2.48 bits per heavy atom. The van der Waals surface area contributed by atoms with Crippen LogP contribution in [0.2, 0.25) is 0 Å². The van der Waals surface area contributed by atoms with Crippen molar-refractivity contribution in [3.63, 3.8) is 0 Å². The standard InChI is InChI=1S/C16H16N2O6S.C2H6/c1-4-6-13(14(17-3)15(19)20)25-12-8-7-10(16(21)24-5-2)9-11(12)18(22)23;1-2/h4,6-9H,1,5H2,2-3H3,(H,19,20);1-2H3/b13-6+,17-14?;. The van der Waals surface area contributed by atoms with Crippen LogP contribution in [0.4, 0.5) is 5.69 Å². The lowest BCUT2D eigenvalue weighted by atomic mass is 10.2. The fourth-order valence-corrected chi connectivity index (χ4v) is 2.84. The lowest BCUT2D eigenvalue weighted by molar-refractivity contribution is -0.387. The van der Waals surface area contributed by atoms with Crippen LogP contribution >= 0.6 is 11.8 Å². The smallest absolute Gasteiger partial charge is 0.355 e. The van der Waals surface area contributed by atoms with E-state index in [2.05, 4.69) is 11.6 Å². The summed E-state index contributed by atoms with van der Waals surface area (Å²) in [6.45, 7) is 9.27. The Kier molecular flexibility index (Phi) is 11.1. The van der Waals surface area contributed by atoms with Crippen LogP contribution in [0, 0.1) is 10.1 Å². The van der Waals surface area contributed by atoms with Crippen molar-refractivity contribution in [2.45, 2.75) is 25.7 Å². The quantitative estimate of drug-likeness (QED) is 0.176. The Balaban J connectivity index is 0.00000326. The number of nitrogens with zero attached hydrogens (tertiary/aromatic N) is 2. The number of carboxylic acid groups (broad SMARTS) is 1. The minimum absolute atomic E-state index is 0.0368. The number of thioether (sulfide) groups is 1. The molecule has 146 valence electrons. The Labute approximate surface area is 161 Å². The summed E-state index contributed by atoms with van der Waals surface area (Å²) in [6.07, 6.45) is 2.75. The average molecular weight is 394 g/mol. The van der Waals surface area contributed by atoms with Crippen LogP contribution < -0.4 is 0 Å². The molecule has 1 aromatic carbocycles. The predicted molar refractivity (Wildman–Crippen MR) is 106 cm³/mol. The first-order valence-electron chi connectivity index (χ1n) is 8.02. The molecular formula is C18H22N2O6S. The van der Waals surface area contributed by atoms with E-state index in [4.69, 9.17) is 4.74 Å². The van der Waals surface area contributed by atoms with Gasteiger partial charge in [-0.15, -0.1) is 0 Å². The zero-order valence-corrected chi connectivity index (χ0v) is 16.4. The van der Waals surface area contributed by atoms with Gasteiger partial charge in [0, 0.05) is 18.0 Å². The maximum atomic E-state index is 11.7. The van der Waals surface area contributed by atoms with E-state index in [0.29, 0.717) is 0 Å². The summed E-state index contributed by atoms with van der Waals surface area (Å²) in [4.78, 5) is 37.7. The van der Waals surface area contributed by atoms with Crippen molar-refractivity contribution >= 4 is 35.1 Å². The molecule has 1 aromatic rings. The summed E-state index contributed by atoms with van der Waals surface area (Å²) < 4.78 is 4.82. The number of allylic oxidation sites excluding steroid dienone is 2. The Bertz CT molecular complexity index is 771. The molecule has 0 radical (unpaired) electrons. The molecule has 0 saturated heterocycles. The van der Waals surface area contributed by atoms with Gasteiger partial charge >= 0.3 is 11.9 Å². The van der Waals surface area contributed by atoms with E-state index in [1.54, 1.807) is 6.92 Å². The van der Waals surface area contributed by atoms with Crippen molar-refractivity contribution in [3.8, 4) is 0 Å². The maximum absolute atomic E-state index is 11.7. The molecule has 0 heterocycles. The van der Waals surface area contributed by atoms with Crippen molar-refractivity contribution in [1.29, 1.82) is 0 Å². The van der Waals surface area contributed by atoms with Crippen molar-refractivity contribution < 1.29 is 24.4 Å². The Morgan fingerprint density at radius 1 is 1.41 bits per heavy atom. The highest BCUT2D eigenvalue weighted by Crippen LogP contribution is 2.35. The van der Waals surface area contributed by atoms with Gasteiger partial charge in [-0.25, -0.2) is 9.59 Å². The highest BCUT2D eigenvalue weighted by atomic mass is 32.2. The maximum Gasteiger partial charge on any atom is 0.355 e. The van der Waals surface area contributed by atoms with Gasteiger partial charge < -0.3 is 9.84 Å². The number of carbonyl (C=O) groups excluding carboxylic acids is 1. The molecule has 9 heteroatoms. The number of carbonyl (C=O) groups is 2. The second-order valence-electron chi connectivity index (χ2n) is 4.41. The number of aliphatic imine (C=N–C) groups is 1. The van der Waals surface area contributed by atoms with Crippen LogP contribution in [0.15, 0.2) is 51.7 Å². The van der Waals surface area contributed by atoms with Gasteiger partial charge in [-0.1, -0.05) is 38.3 Å². The molecule has 1 N–H and O–H groups in total. The third-order valence-corrected chi connectivity index (χ3v) is 3.93. The lowest BCUT2D eigenvalue weighted by Crippen LogP contribution is -2.14. The van der Waals surface area contributed by atoms with E-state index in [-0.39, 0.29) is 33.4 Å². The normalized spacial score (nSPS) is 11.1. The van der Waals surface area contributed by atoms with Crippen LogP contribution in [0.5, 0.6) is 0 Å². The molecule has 0 unspecified atom stereocenters. The number of aliphatic carboxylic acids is 1. The third kappa shape index (κ3) is 7.06. The number of nitro groups is 1. The van der Waals surface area contributed by atoms with Gasteiger partial charge in [-0.2, -0.15) is 0 Å². The van der Waals surface area contributed by atoms with Crippen LogP contribution in [0.3, 0.4) is 0 Å². The molecule has 0 saturated carbocycles. The fraction of sp³-hybridized carbons (Fsp3) is 0.278. The van der Waals surface area contributed by atoms with Gasteiger partial charge in [0.05, 0.1) is 22.0 Å². The number of nitro benzene ring substituents is 1. The van der Waals surface area contributed by atoms with Crippen molar-refractivity contribution in [2.75, 3.05) is 13.7 Å². The number of ether oxygens (including phenoxy) is 1. The third-order valence-electron chi connectivity index (χ3n) is 2.82. The number of rotatable bonds is 8. The summed E-state index contributed by atoms with van der Waals surface area (Å²) >= 11 is 0.847. The monoisotopic (exact) mass is 394 g/mol. The number of hydrogen-bond donors (Lipinski definition) is 1. The summed E-state index contributed by atoms with van der Waals surface area (Å²) in [5.74, 6) is -1.95. The Hall–Kier alpha value is -2.94. The highest BCUT2D eigenvalue weighted by Gasteiger charge is 2.23. The van der Waals surface area contributed by atoms with E-state index in [1.165, 1.54) is 31.3 Å². The minimum atomic E-state index is -1.27. The topological polar surface area (TPSA) is 119 Å². The van der Waals surface area contributed by atoms with E-state index in [9.17, 15) is 24.8 Å². The number of benzene rings is 1. The van der Waals surface area contributed by atoms with Crippen molar-refractivity contribution in [2.24, 2.45) is 4.99 Å². The van der Waals surface area contributed by atoms with E-state index in [1.807, 2.05) is 13.8 Å². The zero-order chi connectivity index (χ0) is 21.0. The summed E-state index contributed by atoms with van der Waals surface area (Å²) in [6, 6.07) is 3.83. The molecule has 0 fully saturated rings. The molecule has 0 aromatic heterocycles. The predicted octanol–water partition coefficient (Wildman–Crippen LogP) is 4.12. The van der Waals surface area contributed by atoms with Crippen LogP contribution in [-0.4, -0.2) is 41.3 Å². The first kappa shape index (κ1) is 24.1. The van der Waals surface area contributed by atoms with Crippen molar-refractivity contribution in [1.82, 2.24) is 0 Å². The van der Waals surface area contributed by atoms with Gasteiger partial charge in [0.25, 0.3) is 5.69 Å². The number of hydrogen-bond acceptors (Lipinski definition) is 7. The summed E-state index contributed by atoms with van der Waals surface area (Å²) in [5.41, 5.74) is -0.560. The molecule has 0 bridgehead atoms. The number of carboxylic acids is 1. The average Bonchev–Trinajstić information content (AvgIpc) is 2.64. The fourth-order valence-electron chi connectivity index (χ4n) is 1.79. The van der Waals surface area contributed by atoms with Gasteiger partial charge in [0.2, 0.25) is 0 Å². The summed E-state index contributed by atoms with van der Waals surface area (Å²) in [7, 11) is 1.30. The minimum Gasteiger partial charge on any atom is -0.476 e. The van der Waals surface area contributed by atoms with E-state index in [0.717, 1.165) is 17.8 Å². The van der Waals surface area contributed by atoms with E-state index >= 15 is 0 Å². The number of esters is 1. The van der Waals surface area contributed by atoms with Crippen LogP contribution in [-0.2, 0) is 9.53 Å². The van der Waals surface area contributed by atoms with Gasteiger partial charge in [0.1, 0.15) is 0 Å². The first-order valence-corrected chi connectivity index (χ1v) is 8.83. The first-order chi connectivity index (χ1) is 12.8. The molecule has 0 spiro atoms. The SMILES string of the molecule is C=C/C=C(/Sc1ccc(C(=O)OCC)cc1[N+](=O)[O-])C(=NC)C(=O)O.CC. The molecule has 0 amide bonds. The van der Waals surface area contributed by atoms with E-state index < -0.39 is 16.9 Å². The molecule has 8 nitrogen and oxygen atoms in total. The molecule has 1 rings (SSSR count). The van der Waals surface area contributed by atoms with Crippen LogP contribution in [0.1, 0.15) is 31.1 Å². The van der Waals surface area contributed by atoms with Gasteiger partial charge in [-0.05, 0) is 25.1 Å². The molecule has 27 heavy (non-hydrogen) atoms. The molecule has 0 aliphatic carbocycles. The zero-order valence-electron chi connectivity index (χ0n) is 15.6. The summed E-state index contributed by atoms with van der Waals surface area (Å²) in [5, 5.41) is 20.5. The van der Waals surface area contributed by atoms with Crippen LogP contribution in [0.25, 0.3) is 0 Å². The molecule has 0 aliphatic rings. The molecular weight excluding hydrogens is 372 g/mol. The van der Waals surface area contributed by atoms with Gasteiger partial charge in [0.15, 0.2) is 5.71 Å². The second-order valence-corrected chi connectivity index (χ2v) is 5.49. The lowest BCUT2D eigenvalue weighted by Gasteiger charge is -2.08. The van der Waals surface area contributed by atoms with Crippen molar-refractivity contribution in [3.05, 3.63) is 57.5 Å². The molecule has 0 atom stereocenters. The second kappa shape index (κ2) is 12.4. The highest BCUT2D eigenvalue weighted by molar-refractivity contribution is 8.04. The van der Waals surface area contributed by atoms with Gasteiger partial charge in [-0.3, -0.25) is 15.1 Å². The largest absolute Gasteiger partial charge is 0.476 e. The Morgan fingerprint density at radius 2 is 2.04 bits per heavy atom.